The summed E-state index contributed by atoms with van der Waals surface area (Å²) in [7, 11) is 0. The second-order valence-electron chi connectivity index (χ2n) is 6.31. The van der Waals surface area contributed by atoms with Crippen molar-refractivity contribution in [2.24, 2.45) is 11.7 Å². The van der Waals surface area contributed by atoms with Crippen LogP contribution >= 0.6 is 24.0 Å². The van der Waals surface area contributed by atoms with Crippen LogP contribution in [0.25, 0.3) is 10.9 Å². The Hall–Kier alpha value is -1.53. The van der Waals surface area contributed by atoms with Gasteiger partial charge in [0.2, 0.25) is 5.91 Å². The molecule has 24 heavy (non-hydrogen) atoms. The summed E-state index contributed by atoms with van der Waals surface area (Å²) in [6.45, 7) is 0. The SMILES string of the molecule is CSCC[C@H](NC(=O)C1CCc2[nH]c3ccccc3c2C1)C(N)=S. The molecule has 1 unspecified atom stereocenters. The summed E-state index contributed by atoms with van der Waals surface area (Å²) in [6, 6.07) is 8.09. The number of aromatic amines is 1. The molecule has 0 fully saturated rings. The fraction of sp³-hybridized carbons (Fsp3) is 0.444. The number of thioether (sulfide) groups is 1. The number of thiocarbonyl (C=S) groups is 1. The van der Waals surface area contributed by atoms with Crippen LogP contribution in [0.15, 0.2) is 24.3 Å². The third-order valence-corrected chi connectivity index (χ3v) is 5.67. The van der Waals surface area contributed by atoms with Gasteiger partial charge in [-0.2, -0.15) is 11.8 Å². The zero-order valence-corrected chi connectivity index (χ0v) is 15.4. The molecule has 1 amide bonds. The molecule has 128 valence electrons. The number of fused-ring (bicyclic) bond motifs is 3. The molecule has 1 aliphatic carbocycles. The van der Waals surface area contributed by atoms with Crippen LogP contribution in [0, 0.1) is 5.92 Å². The number of carbonyl (C=O) groups excluding carboxylic acids is 1. The van der Waals surface area contributed by atoms with Crippen molar-refractivity contribution in [3.8, 4) is 0 Å². The monoisotopic (exact) mass is 361 g/mol. The first kappa shape index (κ1) is 17.3. The first-order valence-corrected chi connectivity index (χ1v) is 10.1. The lowest BCUT2D eigenvalue weighted by atomic mass is 9.85. The molecule has 1 aromatic carbocycles. The van der Waals surface area contributed by atoms with Crippen molar-refractivity contribution in [1.82, 2.24) is 10.3 Å². The Bertz CT molecular complexity index is 756. The van der Waals surface area contributed by atoms with Gasteiger partial charge in [0, 0.05) is 22.5 Å². The van der Waals surface area contributed by atoms with E-state index >= 15 is 0 Å². The third-order valence-electron chi connectivity index (χ3n) is 4.74. The van der Waals surface area contributed by atoms with E-state index in [1.165, 1.54) is 16.6 Å². The quantitative estimate of drug-likeness (QED) is 0.692. The largest absolute Gasteiger partial charge is 0.392 e. The van der Waals surface area contributed by atoms with Crippen molar-refractivity contribution in [2.75, 3.05) is 12.0 Å². The summed E-state index contributed by atoms with van der Waals surface area (Å²) in [5.74, 6) is 0.993. The topological polar surface area (TPSA) is 70.9 Å². The average Bonchev–Trinajstić information content (AvgIpc) is 2.96. The second-order valence-corrected chi connectivity index (χ2v) is 7.77. The summed E-state index contributed by atoms with van der Waals surface area (Å²) >= 11 is 6.84. The molecule has 0 saturated carbocycles. The number of rotatable bonds is 6. The minimum Gasteiger partial charge on any atom is -0.392 e. The van der Waals surface area contributed by atoms with Crippen LogP contribution in [0.2, 0.25) is 0 Å². The van der Waals surface area contributed by atoms with E-state index in [9.17, 15) is 4.79 Å². The number of para-hydroxylation sites is 1. The highest BCUT2D eigenvalue weighted by molar-refractivity contribution is 7.98. The Morgan fingerprint density at radius 3 is 3.04 bits per heavy atom. The molecule has 2 aromatic rings. The van der Waals surface area contributed by atoms with E-state index in [0.717, 1.165) is 37.0 Å². The smallest absolute Gasteiger partial charge is 0.224 e. The van der Waals surface area contributed by atoms with Gasteiger partial charge >= 0.3 is 0 Å². The van der Waals surface area contributed by atoms with Crippen molar-refractivity contribution in [3.05, 3.63) is 35.5 Å². The number of carbonyl (C=O) groups is 1. The van der Waals surface area contributed by atoms with Gasteiger partial charge in [0.15, 0.2) is 0 Å². The lowest BCUT2D eigenvalue weighted by Gasteiger charge is -2.25. The van der Waals surface area contributed by atoms with Gasteiger partial charge in [-0.15, -0.1) is 0 Å². The van der Waals surface area contributed by atoms with Gasteiger partial charge in [-0.1, -0.05) is 30.4 Å². The van der Waals surface area contributed by atoms with Crippen molar-refractivity contribution >= 4 is 45.8 Å². The Morgan fingerprint density at radius 2 is 2.29 bits per heavy atom. The predicted molar refractivity (Wildman–Crippen MR) is 106 cm³/mol. The summed E-state index contributed by atoms with van der Waals surface area (Å²) in [5, 5.41) is 4.30. The number of amides is 1. The summed E-state index contributed by atoms with van der Waals surface area (Å²) in [4.78, 5) is 16.6. The van der Waals surface area contributed by atoms with Gasteiger partial charge < -0.3 is 16.0 Å². The van der Waals surface area contributed by atoms with Crippen molar-refractivity contribution in [2.45, 2.75) is 31.7 Å². The van der Waals surface area contributed by atoms with Gasteiger partial charge in [0.05, 0.1) is 11.0 Å². The number of H-pyrrole nitrogens is 1. The Kier molecular flexibility index (Phi) is 5.46. The van der Waals surface area contributed by atoms with Crippen LogP contribution in [-0.4, -0.2) is 33.9 Å². The normalized spacial score (nSPS) is 18.1. The van der Waals surface area contributed by atoms with Crippen molar-refractivity contribution in [3.63, 3.8) is 0 Å². The molecule has 1 aliphatic rings. The molecule has 1 heterocycles. The van der Waals surface area contributed by atoms with E-state index in [0.29, 0.717) is 4.99 Å². The van der Waals surface area contributed by atoms with E-state index in [-0.39, 0.29) is 17.9 Å². The lowest BCUT2D eigenvalue weighted by Crippen LogP contribution is -2.47. The van der Waals surface area contributed by atoms with E-state index in [1.54, 1.807) is 11.8 Å². The molecule has 0 radical (unpaired) electrons. The van der Waals surface area contributed by atoms with Gasteiger partial charge in [-0.05, 0) is 49.3 Å². The second kappa shape index (κ2) is 7.57. The number of nitrogens with one attached hydrogen (secondary N) is 2. The molecule has 2 atom stereocenters. The molecule has 0 spiro atoms. The molecular weight excluding hydrogens is 338 g/mol. The molecule has 4 N–H and O–H groups in total. The maximum Gasteiger partial charge on any atom is 0.224 e. The first-order chi connectivity index (χ1) is 11.6. The van der Waals surface area contributed by atoms with Crippen molar-refractivity contribution < 1.29 is 4.79 Å². The molecule has 0 aliphatic heterocycles. The number of aryl methyl sites for hydroxylation is 1. The predicted octanol–water partition coefficient (Wildman–Crippen LogP) is 2.80. The summed E-state index contributed by atoms with van der Waals surface area (Å²) in [5.41, 5.74) is 9.51. The highest BCUT2D eigenvalue weighted by Crippen LogP contribution is 2.31. The first-order valence-electron chi connectivity index (χ1n) is 8.27. The zero-order chi connectivity index (χ0) is 17.1. The standard InChI is InChI=1S/C18H23N3OS2/c1-24-9-8-16(17(19)23)21-18(22)11-6-7-15-13(10-11)12-4-2-3-5-14(12)20-15/h2-5,11,16,20H,6-10H2,1H3,(H2,19,23)(H,21,22)/t11?,16-/m0/s1. The Morgan fingerprint density at radius 1 is 1.50 bits per heavy atom. The minimum atomic E-state index is -0.204. The van der Waals surface area contributed by atoms with E-state index in [4.69, 9.17) is 18.0 Å². The van der Waals surface area contributed by atoms with Crippen LogP contribution in [0.4, 0.5) is 0 Å². The summed E-state index contributed by atoms with van der Waals surface area (Å²) in [6.07, 6.45) is 5.37. The van der Waals surface area contributed by atoms with Crippen LogP contribution < -0.4 is 11.1 Å². The molecule has 6 heteroatoms. The number of hydrogen-bond donors (Lipinski definition) is 3. The van der Waals surface area contributed by atoms with Crippen LogP contribution in [-0.2, 0) is 17.6 Å². The highest BCUT2D eigenvalue weighted by atomic mass is 32.2. The van der Waals surface area contributed by atoms with Gasteiger partial charge in [0.1, 0.15) is 0 Å². The van der Waals surface area contributed by atoms with Gasteiger partial charge in [-0.3, -0.25) is 4.79 Å². The fourth-order valence-corrected chi connectivity index (χ4v) is 4.05. The fourth-order valence-electron chi connectivity index (χ4n) is 3.40. The van der Waals surface area contributed by atoms with Crippen molar-refractivity contribution in [1.29, 1.82) is 0 Å². The zero-order valence-electron chi connectivity index (χ0n) is 13.8. The van der Waals surface area contributed by atoms with Gasteiger partial charge in [-0.25, -0.2) is 0 Å². The molecule has 4 nitrogen and oxygen atoms in total. The molecule has 0 bridgehead atoms. The molecular formula is C18H23N3OS2. The molecule has 1 aromatic heterocycles. The van der Waals surface area contributed by atoms with E-state index in [1.807, 2.05) is 18.4 Å². The lowest BCUT2D eigenvalue weighted by molar-refractivity contribution is -0.125. The number of aromatic nitrogens is 1. The molecule has 3 rings (SSSR count). The van der Waals surface area contributed by atoms with Crippen LogP contribution in [0.5, 0.6) is 0 Å². The third kappa shape index (κ3) is 3.59. The Balaban J connectivity index is 1.72. The van der Waals surface area contributed by atoms with Crippen LogP contribution in [0.1, 0.15) is 24.1 Å². The highest BCUT2D eigenvalue weighted by Gasteiger charge is 2.28. The molecule has 0 saturated heterocycles. The maximum atomic E-state index is 12.7. The Labute approximate surface area is 151 Å². The van der Waals surface area contributed by atoms with E-state index < -0.39 is 0 Å². The number of nitrogens with two attached hydrogens (primary N) is 1. The van der Waals surface area contributed by atoms with Gasteiger partial charge in [0.25, 0.3) is 0 Å². The average molecular weight is 362 g/mol. The summed E-state index contributed by atoms with van der Waals surface area (Å²) < 4.78 is 0. The van der Waals surface area contributed by atoms with Crippen LogP contribution in [0.3, 0.4) is 0 Å². The minimum absolute atomic E-state index is 0.0113. The maximum absolute atomic E-state index is 12.7. The number of benzene rings is 1. The number of hydrogen-bond acceptors (Lipinski definition) is 3. The van der Waals surface area contributed by atoms with E-state index in [2.05, 4.69) is 22.4 Å².